The summed E-state index contributed by atoms with van der Waals surface area (Å²) in [6.45, 7) is 5.63. The molecule has 2 rings (SSSR count). The Balaban J connectivity index is 1.89. The molecule has 5 nitrogen and oxygen atoms in total. The van der Waals surface area contributed by atoms with Crippen LogP contribution in [0.4, 0.5) is 0 Å². The standard InChI is InChI=1S/C21H27NO4/c1-16(2)25-13-7-12-22-21(23)18-10-11-19(20(14-18)24-3)26-15-17-8-5-4-6-9-17/h4-6,8-11,14,16H,7,12-13,15H2,1-3H3,(H,22,23). The van der Waals surface area contributed by atoms with Gasteiger partial charge in [0.15, 0.2) is 11.5 Å². The number of ether oxygens (including phenoxy) is 3. The van der Waals surface area contributed by atoms with E-state index in [1.165, 1.54) is 0 Å². The molecule has 0 spiro atoms. The molecule has 0 unspecified atom stereocenters. The highest BCUT2D eigenvalue weighted by Gasteiger charge is 2.11. The number of benzene rings is 2. The lowest BCUT2D eigenvalue weighted by molar-refractivity contribution is 0.0757. The lowest BCUT2D eigenvalue weighted by Crippen LogP contribution is -2.25. The van der Waals surface area contributed by atoms with E-state index in [1.54, 1.807) is 25.3 Å². The third-order valence-corrected chi connectivity index (χ3v) is 3.72. The molecule has 0 saturated heterocycles. The molecule has 0 heterocycles. The summed E-state index contributed by atoms with van der Waals surface area (Å²) in [5.74, 6) is 1.01. The summed E-state index contributed by atoms with van der Waals surface area (Å²) in [4.78, 5) is 12.3. The molecule has 26 heavy (non-hydrogen) atoms. The topological polar surface area (TPSA) is 56.8 Å². The van der Waals surface area contributed by atoms with Crippen LogP contribution < -0.4 is 14.8 Å². The van der Waals surface area contributed by atoms with Crippen molar-refractivity contribution in [2.75, 3.05) is 20.3 Å². The Bertz CT molecular complexity index is 686. The van der Waals surface area contributed by atoms with E-state index in [9.17, 15) is 4.79 Å². The third-order valence-electron chi connectivity index (χ3n) is 3.72. The molecule has 0 aliphatic heterocycles. The van der Waals surface area contributed by atoms with Crippen molar-refractivity contribution in [1.29, 1.82) is 0 Å². The van der Waals surface area contributed by atoms with Gasteiger partial charge in [0.25, 0.3) is 5.91 Å². The second kappa shape index (κ2) is 10.5. The van der Waals surface area contributed by atoms with Gasteiger partial charge in [-0.15, -0.1) is 0 Å². The zero-order valence-electron chi connectivity index (χ0n) is 15.7. The van der Waals surface area contributed by atoms with Gasteiger partial charge < -0.3 is 19.5 Å². The van der Waals surface area contributed by atoms with Crippen molar-refractivity contribution in [1.82, 2.24) is 5.32 Å². The highest BCUT2D eigenvalue weighted by Crippen LogP contribution is 2.28. The molecular formula is C21H27NO4. The minimum absolute atomic E-state index is 0.137. The Kier molecular flexibility index (Phi) is 7.96. The number of carbonyl (C=O) groups excluding carboxylic acids is 1. The van der Waals surface area contributed by atoms with Crippen molar-refractivity contribution in [3.63, 3.8) is 0 Å². The first-order chi connectivity index (χ1) is 12.6. The molecule has 0 aliphatic rings. The largest absolute Gasteiger partial charge is 0.493 e. The molecule has 1 amide bonds. The van der Waals surface area contributed by atoms with E-state index in [4.69, 9.17) is 14.2 Å². The van der Waals surface area contributed by atoms with Gasteiger partial charge in [0, 0.05) is 18.7 Å². The molecule has 0 fully saturated rings. The molecule has 0 bridgehead atoms. The molecule has 0 aliphatic carbocycles. The number of nitrogens with one attached hydrogen (secondary N) is 1. The lowest BCUT2D eigenvalue weighted by atomic mass is 10.2. The van der Waals surface area contributed by atoms with Gasteiger partial charge in [-0.2, -0.15) is 0 Å². The minimum Gasteiger partial charge on any atom is -0.493 e. The zero-order valence-corrected chi connectivity index (χ0v) is 15.7. The smallest absolute Gasteiger partial charge is 0.251 e. The van der Waals surface area contributed by atoms with Crippen molar-refractivity contribution in [3.05, 3.63) is 59.7 Å². The van der Waals surface area contributed by atoms with Gasteiger partial charge in [0.05, 0.1) is 13.2 Å². The predicted molar refractivity (Wildman–Crippen MR) is 102 cm³/mol. The van der Waals surface area contributed by atoms with Crippen LogP contribution in [0.3, 0.4) is 0 Å². The molecule has 5 heteroatoms. The van der Waals surface area contributed by atoms with Crippen LogP contribution in [0.25, 0.3) is 0 Å². The first-order valence-electron chi connectivity index (χ1n) is 8.84. The molecular weight excluding hydrogens is 330 g/mol. The number of hydrogen-bond acceptors (Lipinski definition) is 4. The SMILES string of the molecule is COc1cc(C(=O)NCCCOC(C)C)ccc1OCc1ccccc1. The van der Waals surface area contributed by atoms with Crippen LogP contribution in [-0.4, -0.2) is 32.3 Å². The molecule has 0 atom stereocenters. The first kappa shape index (κ1) is 19.8. The summed E-state index contributed by atoms with van der Waals surface area (Å²) in [5.41, 5.74) is 1.61. The van der Waals surface area contributed by atoms with Gasteiger partial charge >= 0.3 is 0 Å². The maximum Gasteiger partial charge on any atom is 0.251 e. The Hall–Kier alpha value is -2.53. The van der Waals surface area contributed by atoms with Crippen molar-refractivity contribution in [2.24, 2.45) is 0 Å². The number of methoxy groups -OCH3 is 1. The average molecular weight is 357 g/mol. The monoisotopic (exact) mass is 357 g/mol. The van der Waals surface area contributed by atoms with Gasteiger partial charge in [0.1, 0.15) is 6.61 Å². The van der Waals surface area contributed by atoms with E-state index in [0.29, 0.717) is 36.8 Å². The van der Waals surface area contributed by atoms with Crippen LogP contribution in [0.5, 0.6) is 11.5 Å². The van der Waals surface area contributed by atoms with Crippen molar-refractivity contribution in [2.45, 2.75) is 33.0 Å². The fourth-order valence-electron chi connectivity index (χ4n) is 2.36. The summed E-state index contributed by atoms with van der Waals surface area (Å²) in [6, 6.07) is 15.1. The zero-order chi connectivity index (χ0) is 18.8. The average Bonchev–Trinajstić information content (AvgIpc) is 2.66. The van der Waals surface area contributed by atoms with E-state index in [0.717, 1.165) is 12.0 Å². The fraction of sp³-hybridized carbons (Fsp3) is 0.381. The minimum atomic E-state index is -0.137. The summed E-state index contributed by atoms with van der Waals surface area (Å²) >= 11 is 0. The Morgan fingerprint density at radius 3 is 2.54 bits per heavy atom. The maximum absolute atomic E-state index is 12.3. The van der Waals surface area contributed by atoms with Gasteiger partial charge in [-0.25, -0.2) is 0 Å². The molecule has 0 radical (unpaired) electrons. The van der Waals surface area contributed by atoms with Crippen LogP contribution >= 0.6 is 0 Å². The van der Waals surface area contributed by atoms with Gasteiger partial charge in [0.2, 0.25) is 0 Å². The second-order valence-corrected chi connectivity index (χ2v) is 6.17. The Morgan fingerprint density at radius 1 is 1.08 bits per heavy atom. The second-order valence-electron chi connectivity index (χ2n) is 6.17. The van der Waals surface area contributed by atoms with Crippen molar-refractivity contribution < 1.29 is 19.0 Å². The van der Waals surface area contributed by atoms with E-state index >= 15 is 0 Å². The predicted octanol–water partition coefficient (Wildman–Crippen LogP) is 3.82. The number of amides is 1. The molecule has 0 saturated carbocycles. The van der Waals surface area contributed by atoms with Crippen LogP contribution in [0, 0.1) is 0 Å². The summed E-state index contributed by atoms with van der Waals surface area (Å²) in [5, 5.41) is 2.89. The number of rotatable bonds is 10. The van der Waals surface area contributed by atoms with Gasteiger partial charge in [-0.1, -0.05) is 30.3 Å². The summed E-state index contributed by atoms with van der Waals surface area (Å²) < 4.78 is 16.6. The van der Waals surface area contributed by atoms with E-state index in [-0.39, 0.29) is 12.0 Å². The van der Waals surface area contributed by atoms with Crippen LogP contribution in [0.2, 0.25) is 0 Å². The molecule has 0 aromatic heterocycles. The summed E-state index contributed by atoms with van der Waals surface area (Å²) in [7, 11) is 1.57. The maximum atomic E-state index is 12.3. The highest BCUT2D eigenvalue weighted by atomic mass is 16.5. The van der Waals surface area contributed by atoms with Crippen LogP contribution in [0.1, 0.15) is 36.2 Å². The molecule has 2 aromatic carbocycles. The summed E-state index contributed by atoms with van der Waals surface area (Å²) in [6.07, 6.45) is 0.984. The molecule has 140 valence electrons. The Labute approximate surface area is 155 Å². The molecule has 1 N–H and O–H groups in total. The first-order valence-corrected chi connectivity index (χ1v) is 8.84. The van der Waals surface area contributed by atoms with Gasteiger partial charge in [-0.3, -0.25) is 4.79 Å². The highest BCUT2D eigenvalue weighted by molar-refractivity contribution is 5.94. The normalized spacial score (nSPS) is 10.6. The van der Waals surface area contributed by atoms with Gasteiger partial charge in [-0.05, 0) is 44.0 Å². The fourth-order valence-corrected chi connectivity index (χ4v) is 2.36. The quantitative estimate of drug-likeness (QED) is 0.657. The van der Waals surface area contributed by atoms with E-state index < -0.39 is 0 Å². The lowest BCUT2D eigenvalue weighted by Gasteiger charge is -2.13. The Morgan fingerprint density at radius 2 is 1.85 bits per heavy atom. The van der Waals surface area contributed by atoms with Crippen molar-refractivity contribution >= 4 is 5.91 Å². The van der Waals surface area contributed by atoms with E-state index in [2.05, 4.69) is 5.32 Å². The van der Waals surface area contributed by atoms with Crippen molar-refractivity contribution in [3.8, 4) is 11.5 Å². The molecule has 2 aromatic rings. The third kappa shape index (κ3) is 6.41. The van der Waals surface area contributed by atoms with E-state index in [1.807, 2.05) is 44.2 Å². The van der Waals surface area contributed by atoms with Crippen LogP contribution in [-0.2, 0) is 11.3 Å². The number of carbonyl (C=O) groups is 1. The van der Waals surface area contributed by atoms with Crippen LogP contribution in [0.15, 0.2) is 48.5 Å². The number of hydrogen-bond donors (Lipinski definition) is 1.